The first-order chi connectivity index (χ1) is 9.99. The van der Waals surface area contributed by atoms with Crippen molar-refractivity contribution < 1.29 is 9.21 Å². The van der Waals surface area contributed by atoms with E-state index >= 15 is 0 Å². The first kappa shape index (κ1) is 15.2. The van der Waals surface area contributed by atoms with Crippen LogP contribution < -0.4 is 10.6 Å². The van der Waals surface area contributed by atoms with Crippen LogP contribution in [0, 0.1) is 13.8 Å². The summed E-state index contributed by atoms with van der Waals surface area (Å²) in [6.07, 6.45) is 0.906. The number of carbonyl (C=O) groups is 1. The molecule has 2 aromatic rings. The molecule has 0 aliphatic heterocycles. The topological polar surface area (TPSA) is 54.3 Å². The lowest BCUT2D eigenvalue weighted by Crippen LogP contribution is -2.09. The molecule has 2 N–H and O–H groups in total. The number of rotatable bonds is 5. The van der Waals surface area contributed by atoms with Gasteiger partial charge in [-0.25, -0.2) is 0 Å². The number of furan rings is 1. The minimum Gasteiger partial charge on any atom is -0.464 e. The summed E-state index contributed by atoms with van der Waals surface area (Å²) >= 11 is 0. The van der Waals surface area contributed by atoms with Gasteiger partial charge in [0.15, 0.2) is 0 Å². The molecule has 0 unspecified atom stereocenters. The fourth-order valence-electron chi connectivity index (χ4n) is 2.34. The molecule has 0 aliphatic rings. The van der Waals surface area contributed by atoms with Crippen molar-refractivity contribution >= 4 is 17.3 Å². The molecule has 2 rings (SSSR count). The maximum Gasteiger partial charge on any atom is 0.221 e. The predicted molar refractivity (Wildman–Crippen MR) is 85.6 cm³/mol. The molecule has 0 saturated carbocycles. The number of nitrogens with one attached hydrogen (secondary N) is 2. The Bertz CT molecular complexity index is 621. The van der Waals surface area contributed by atoms with Crippen molar-refractivity contribution in [1.82, 2.24) is 0 Å². The van der Waals surface area contributed by atoms with E-state index in [1.165, 1.54) is 6.92 Å². The molecular weight excluding hydrogens is 264 g/mol. The number of anilines is 2. The average Bonchev–Trinajstić information content (AvgIpc) is 2.88. The summed E-state index contributed by atoms with van der Waals surface area (Å²) in [6.45, 7) is 8.23. The molecule has 0 atom stereocenters. The van der Waals surface area contributed by atoms with Gasteiger partial charge < -0.3 is 15.1 Å². The quantitative estimate of drug-likeness (QED) is 0.872. The molecule has 1 heterocycles. The van der Waals surface area contributed by atoms with E-state index in [4.69, 9.17) is 4.42 Å². The summed E-state index contributed by atoms with van der Waals surface area (Å²) in [4.78, 5) is 11.2. The van der Waals surface area contributed by atoms with Gasteiger partial charge in [-0.1, -0.05) is 6.92 Å². The Balaban J connectivity index is 2.08. The molecule has 0 aliphatic carbocycles. The molecule has 4 nitrogen and oxygen atoms in total. The maximum absolute atomic E-state index is 11.2. The molecule has 0 spiro atoms. The number of carbonyl (C=O) groups excluding carboxylic acids is 1. The van der Waals surface area contributed by atoms with Gasteiger partial charge in [-0.15, -0.1) is 0 Å². The highest BCUT2D eigenvalue weighted by Crippen LogP contribution is 2.25. The summed E-state index contributed by atoms with van der Waals surface area (Å²) in [6, 6.07) is 8.06. The second kappa shape index (κ2) is 6.48. The second-order valence-electron chi connectivity index (χ2n) is 5.24. The van der Waals surface area contributed by atoms with Crippen molar-refractivity contribution in [1.29, 1.82) is 0 Å². The van der Waals surface area contributed by atoms with Crippen molar-refractivity contribution in [3.05, 3.63) is 46.9 Å². The standard InChI is InChI=1S/C17H22N2O2/c1-5-15-6-7-16(21-15)10-18-14-8-11(2)17(12(3)9-14)19-13(4)20/h6-9,18H,5,10H2,1-4H3,(H,19,20). The molecule has 1 aromatic carbocycles. The van der Waals surface area contributed by atoms with Crippen LogP contribution in [0.3, 0.4) is 0 Å². The molecule has 0 radical (unpaired) electrons. The monoisotopic (exact) mass is 286 g/mol. The first-order valence-corrected chi connectivity index (χ1v) is 7.20. The fraction of sp³-hybridized carbons (Fsp3) is 0.353. The van der Waals surface area contributed by atoms with Crippen LogP contribution >= 0.6 is 0 Å². The van der Waals surface area contributed by atoms with E-state index in [1.807, 2.05) is 38.1 Å². The average molecular weight is 286 g/mol. The van der Waals surface area contributed by atoms with E-state index in [-0.39, 0.29) is 5.91 Å². The number of hydrogen-bond acceptors (Lipinski definition) is 3. The van der Waals surface area contributed by atoms with Gasteiger partial charge in [0.25, 0.3) is 0 Å². The van der Waals surface area contributed by atoms with E-state index in [2.05, 4.69) is 17.6 Å². The molecule has 0 bridgehead atoms. The van der Waals surface area contributed by atoms with Gasteiger partial charge in [-0.2, -0.15) is 0 Å². The summed E-state index contributed by atoms with van der Waals surface area (Å²) in [5, 5.41) is 6.22. The third kappa shape index (κ3) is 3.88. The minimum atomic E-state index is -0.0513. The van der Waals surface area contributed by atoms with Gasteiger partial charge in [-0.05, 0) is 49.2 Å². The SMILES string of the molecule is CCc1ccc(CNc2cc(C)c(NC(C)=O)c(C)c2)o1. The number of benzene rings is 1. The normalized spacial score (nSPS) is 10.5. The van der Waals surface area contributed by atoms with Crippen LogP contribution in [0.5, 0.6) is 0 Å². The zero-order chi connectivity index (χ0) is 15.4. The minimum absolute atomic E-state index is 0.0513. The van der Waals surface area contributed by atoms with E-state index < -0.39 is 0 Å². The number of hydrogen-bond donors (Lipinski definition) is 2. The van der Waals surface area contributed by atoms with Gasteiger partial charge in [0, 0.05) is 24.7 Å². The van der Waals surface area contributed by atoms with Crippen molar-refractivity contribution in [2.75, 3.05) is 10.6 Å². The zero-order valence-corrected chi connectivity index (χ0v) is 13.0. The summed E-state index contributed by atoms with van der Waals surface area (Å²) in [7, 11) is 0. The molecule has 4 heteroatoms. The Kier molecular flexibility index (Phi) is 4.68. The molecule has 0 fully saturated rings. The fourth-order valence-corrected chi connectivity index (χ4v) is 2.34. The molecule has 21 heavy (non-hydrogen) atoms. The maximum atomic E-state index is 11.2. The molecule has 112 valence electrons. The molecule has 1 aromatic heterocycles. The number of amides is 1. The Morgan fingerprint density at radius 1 is 1.14 bits per heavy atom. The van der Waals surface area contributed by atoms with Crippen molar-refractivity contribution in [3.8, 4) is 0 Å². The Morgan fingerprint density at radius 3 is 2.29 bits per heavy atom. The first-order valence-electron chi connectivity index (χ1n) is 7.20. The summed E-state index contributed by atoms with van der Waals surface area (Å²) in [5.74, 6) is 1.87. The van der Waals surface area contributed by atoms with Crippen LogP contribution in [-0.2, 0) is 17.8 Å². The lowest BCUT2D eigenvalue weighted by molar-refractivity contribution is -0.114. The van der Waals surface area contributed by atoms with Gasteiger partial charge >= 0.3 is 0 Å². The highest BCUT2D eigenvalue weighted by molar-refractivity contribution is 5.90. The van der Waals surface area contributed by atoms with Crippen LogP contribution in [0.15, 0.2) is 28.7 Å². The van der Waals surface area contributed by atoms with Crippen LogP contribution in [0.4, 0.5) is 11.4 Å². The molecular formula is C17H22N2O2. The molecule has 0 saturated heterocycles. The van der Waals surface area contributed by atoms with Gasteiger partial charge in [0.1, 0.15) is 11.5 Å². The smallest absolute Gasteiger partial charge is 0.221 e. The highest BCUT2D eigenvalue weighted by atomic mass is 16.3. The lowest BCUT2D eigenvalue weighted by Gasteiger charge is -2.13. The summed E-state index contributed by atoms with van der Waals surface area (Å²) in [5.41, 5.74) is 4.00. The van der Waals surface area contributed by atoms with E-state index in [0.717, 1.165) is 40.4 Å². The molecule has 1 amide bonds. The second-order valence-corrected chi connectivity index (χ2v) is 5.24. The van der Waals surface area contributed by atoms with Crippen molar-refractivity contribution in [3.63, 3.8) is 0 Å². The summed E-state index contributed by atoms with van der Waals surface area (Å²) < 4.78 is 5.67. The Morgan fingerprint density at radius 2 is 1.76 bits per heavy atom. The van der Waals surface area contributed by atoms with Gasteiger partial charge in [-0.3, -0.25) is 4.79 Å². The zero-order valence-electron chi connectivity index (χ0n) is 13.0. The van der Waals surface area contributed by atoms with Crippen LogP contribution in [0.2, 0.25) is 0 Å². The Labute approximate surface area is 125 Å². The van der Waals surface area contributed by atoms with Gasteiger partial charge in [0.05, 0.1) is 6.54 Å². The van der Waals surface area contributed by atoms with Crippen molar-refractivity contribution in [2.45, 2.75) is 40.7 Å². The van der Waals surface area contributed by atoms with E-state index in [1.54, 1.807) is 0 Å². The number of aryl methyl sites for hydroxylation is 3. The van der Waals surface area contributed by atoms with E-state index in [0.29, 0.717) is 6.54 Å². The van der Waals surface area contributed by atoms with Crippen LogP contribution in [0.1, 0.15) is 36.5 Å². The van der Waals surface area contributed by atoms with Gasteiger partial charge in [0.2, 0.25) is 5.91 Å². The van der Waals surface area contributed by atoms with Crippen molar-refractivity contribution in [2.24, 2.45) is 0 Å². The third-order valence-electron chi connectivity index (χ3n) is 3.37. The predicted octanol–water partition coefficient (Wildman–Crippen LogP) is 4.03. The Hall–Kier alpha value is -2.23. The van der Waals surface area contributed by atoms with Crippen LogP contribution in [-0.4, -0.2) is 5.91 Å². The third-order valence-corrected chi connectivity index (χ3v) is 3.37. The van der Waals surface area contributed by atoms with Crippen LogP contribution in [0.25, 0.3) is 0 Å². The lowest BCUT2D eigenvalue weighted by atomic mass is 10.1. The largest absolute Gasteiger partial charge is 0.464 e. The van der Waals surface area contributed by atoms with E-state index in [9.17, 15) is 4.79 Å². The highest BCUT2D eigenvalue weighted by Gasteiger charge is 2.07.